The highest BCUT2D eigenvalue weighted by Crippen LogP contribution is 2.25. The van der Waals surface area contributed by atoms with Gasteiger partial charge in [0, 0.05) is 12.6 Å². The van der Waals surface area contributed by atoms with Gasteiger partial charge in [-0.05, 0) is 43.4 Å². The van der Waals surface area contributed by atoms with E-state index in [-0.39, 0.29) is 5.91 Å². The van der Waals surface area contributed by atoms with Crippen LogP contribution in [0.4, 0.5) is 5.69 Å². The summed E-state index contributed by atoms with van der Waals surface area (Å²) in [4.78, 5) is 12.2. The average Bonchev–Trinajstić information content (AvgIpc) is 2.91. The van der Waals surface area contributed by atoms with Gasteiger partial charge in [-0.15, -0.1) is 0 Å². The number of nitrogens with zero attached hydrogens (tertiary/aromatic N) is 2. The summed E-state index contributed by atoms with van der Waals surface area (Å²) >= 11 is 5.30. The molecule has 25 heavy (non-hydrogen) atoms. The van der Waals surface area contributed by atoms with Crippen molar-refractivity contribution in [2.24, 2.45) is 0 Å². The zero-order valence-electron chi connectivity index (χ0n) is 14.2. The molecular weight excluding hydrogens is 332 g/mol. The Morgan fingerprint density at radius 3 is 2.28 bits per heavy atom. The number of nitrogens with one attached hydrogen (secondary N) is 2. The third-order valence-electron chi connectivity index (χ3n) is 4.17. The van der Waals surface area contributed by atoms with E-state index >= 15 is 0 Å². The molecule has 5 nitrogen and oxygen atoms in total. The molecule has 2 aromatic rings. The van der Waals surface area contributed by atoms with E-state index in [1.807, 2.05) is 50.4 Å². The van der Waals surface area contributed by atoms with Crippen molar-refractivity contribution in [2.75, 3.05) is 18.6 Å². The molecule has 0 aliphatic carbocycles. The molecule has 3 rings (SSSR count). The molecule has 2 N–H and O–H groups in total. The first kappa shape index (κ1) is 17.0. The van der Waals surface area contributed by atoms with Crippen molar-refractivity contribution >= 4 is 28.9 Å². The van der Waals surface area contributed by atoms with Gasteiger partial charge in [0.05, 0.1) is 23.6 Å². The number of allylic oxidation sites excluding steroid dienone is 1. The molecule has 1 aliphatic rings. The van der Waals surface area contributed by atoms with E-state index in [1.54, 1.807) is 12.1 Å². The molecule has 0 saturated heterocycles. The summed E-state index contributed by atoms with van der Waals surface area (Å²) in [6.45, 7) is 2.68. The van der Waals surface area contributed by atoms with Crippen molar-refractivity contribution in [2.45, 2.75) is 6.92 Å². The van der Waals surface area contributed by atoms with Crippen LogP contribution in [-0.2, 0) is 0 Å². The van der Waals surface area contributed by atoms with Crippen molar-refractivity contribution in [1.82, 2.24) is 15.6 Å². The predicted octanol–water partition coefficient (Wildman–Crippen LogP) is 2.89. The van der Waals surface area contributed by atoms with Gasteiger partial charge in [0.25, 0.3) is 5.91 Å². The molecule has 0 saturated carbocycles. The van der Waals surface area contributed by atoms with E-state index in [9.17, 15) is 4.79 Å². The summed E-state index contributed by atoms with van der Waals surface area (Å²) in [6.07, 6.45) is 0. The number of carbonyl (C=O) groups excluding carboxylic acids is 1. The lowest BCUT2D eigenvalue weighted by atomic mass is 10.2. The first-order chi connectivity index (χ1) is 12.1. The number of carbonyl (C=O) groups is 1. The quantitative estimate of drug-likeness (QED) is 0.832. The lowest BCUT2D eigenvalue weighted by Gasteiger charge is -2.29. The van der Waals surface area contributed by atoms with Crippen molar-refractivity contribution in [1.29, 1.82) is 0 Å². The van der Waals surface area contributed by atoms with E-state index in [4.69, 9.17) is 12.2 Å². The number of hydrazine groups is 1. The topological polar surface area (TPSA) is 47.6 Å². The molecule has 1 heterocycles. The monoisotopic (exact) mass is 352 g/mol. The fourth-order valence-electron chi connectivity index (χ4n) is 2.67. The normalized spacial score (nSPS) is 13.8. The Morgan fingerprint density at radius 2 is 1.64 bits per heavy atom. The van der Waals surface area contributed by atoms with E-state index in [0.717, 1.165) is 17.1 Å². The number of hydrogen-bond donors (Lipinski definition) is 2. The standard InChI is InChI=1S/C19H20N4OS/c1-14-17(13-23(22(14)2)16-11-7-4-8-12-16)20-19(25)21-18(24)15-9-5-3-6-10-15/h3-12H,13H2,1-2H3,(H2,20,21,24,25). The summed E-state index contributed by atoms with van der Waals surface area (Å²) in [6, 6.07) is 19.1. The van der Waals surface area contributed by atoms with Gasteiger partial charge < -0.3 is 5.32 Å². The summed E-state index contributed by atoms with van der Waals surface area (Å²) < 4.78 is 0. The van der Waals surface area contributed by atoms with Crippen LogP contribution in [0.1, 0.15) is 17.3 Å². The lowest BCUT2D eigenvalue weighted by molar-refractivity contribution is 0.0977. The van der Waals surface area contributed by atoms with Gasteiger partial charge in [0.2, 0.25) is 0 Å². The maximum absolute atomic E-state index is 12.2. The molecule has 128 valence electrons. The predicted molar refractivity (Wildman–Crippen MR) is 104 cm³/mol. The van der Waals surface area contributed by atoms with Crippen LogP contribution in [0.15, 0.2) is 72.1 Å². The molecule has 1 aliphatic heterocycles. The molecule has 0 radical (unpaired) electrons. The van der Waals surface area contributed by atoms with E-state index in [1.165, 1.54) is 0 Å². The Morgan fingerprint density at radius 1 is 1.04 bits per heavy atom. The summed E-state index contributed by atoms with van der Waals surface area (Å²) in [5.74, 6) is -0.220. The van der Waals surface area contributed by atoms with Gasteiger partial charge in [-0.1, -0.05) is 36.4 Å². The Balaban J connectivity index is 1.64. The second-order valence-electron chi connectivity index (χ2n) is 5.76. The lowest BCUT2D eigenvalue weighted by Crippen LogP contribution is -2.40. The second kappa shape index (κ2) is 7.36. The summed E-state index contributed by atoms with van der Waals surface area (Å²) in [5, 5.41) is 10.4. The zero-order chi connectivity index (χ0) is 17.8. The second-order valence-corrected chi connectivity index (χ2v) is 6.16. The number of para-hydroxylation sites is 1. The minimum absolute atomic E-state index is 0.220. The van der Waals surface area contributed by atoms with Crippen LogP contribution in [0.3, 0.4) is 0 Å². The minimum Gasteiger partial charge on any atom is -0.333 e. The number of amides is 1. The smallest absolute Gasteiger partial charge is 0.257 e. The van der Waals surface area contributed by atoms with Gasteiger partial charge in [0.1, 0.15) is 0 Å². The minimum atomic E-state index is -0.220. The van der Waals surface area contributed by atoms with Crippen LogP contribution < -0.4 is 15.6 Å². The van der Waals surface area contributed by atoms with Crippen LogP contribution in [0.25, 0.3) is 0 Å². The van der Waals surface area contributed by atoms with Crippen molar-refractivity contribution in [3.63, 3.8) is 0 Å². The van der Waals surface area contributed by atoms with Crippen molar-refractivity contribution in [3.05, 3.63) is 77.6 Å². The fourth-order valence-corrected chi connectivity index (χ4v) is 2.89. The maximum atomic E-state index is 12.2. The van der Waals surface area contributed by atoms with Crippen LogP contribution in [-0.4, -0.2) is 29.6 Å². The van der Waals surface area contributed by atoms with Gasteiger partial charge in [0.15, 0.2) is 5.11 Å². The van der Waals surface area contributed by atoms with Crippen LogP contribution in [0, 0.1) is 0 Å². The third-order valence-corrected chi connectivity index (χ3v) is 4.38. The number of hydrogen-bond acceptors (Lipinski definition) is 4. The highest BCUT2D eigenvalue weighted by molar-refractivity contribution is 7.80. The molecule has 1 amide bonds. The Kier molecular flexibility index (Phi) is 5.00. The zero-order valence-corrected chi connectivity index (χ0v) is 15.0. The van der Waals surface area contributed by atoms with E-state index < -0.39 is 0 Å². The molecule has 2 aromatic carbocycles. The number of anilines is 1. The van der Waals surface area contributed by atoms with Crippen LogP contribution in [0.5, 0.6) is 0 Å². The molecule has 0 fully saturated rings. The molecule has 0 bridgehead atoms. The van der Waals surface area contributed by atoms with Crippen LogP contribution in [0.2, 0.25) is 0 Å². The maximum Gasteiger partial charge on any atom is 0.257 e. The largest absolute Gasteiger partial charge is 0.333 e. The fraction of sp³-hybridized carbons (Fsp3) is 0.158. The molecule has 0 spiro atoms. The molecule has 6 heteroatoms. The number of rotatable bonds is 3. The summed E-state index contributed by atoms with van der Waals surface area (Å²) in [7, 11) is 2.00. The van der Waals surface area contributed by atoms with Crippen LogP contribution >= 0.6 is 12.2 Å². The first-order valence-electron chi connectivity index (χ1n) is 7.99. The summed E-state index contributed by atoms with van der Waals surface area (Å²) in [5.41, 5.74) is 3.69. The Labute approximate surface area is 152 Å². The average molecular weight is 352 g/mol. The van der Waals surface area contributed by atoms with Gasteiger partial charge in [-0.3, -0.25) is 20.1 Å². The molecular formula is C19H20N4OS. The van der Waals surface area contributed by atoms with E-state index in [0.29, 0.717) is 17.2 Å². The molecule has 0 aromatic heterocycles. The van der Waals surface area contributed by atoms with E-state index in [2.05, 4.69) is 32.8 Å². The Hall–Kier alpha value is -2.86. The Bertz CT molecular complexity index is 805. The molecule has 0 atom stereocenters. The van der Waals surface area contributed by atoms with Crippen molar-refractivity contribution in [3.8, 4) is 0 Å². The third kappa shape index (κ3) is 3.80. The SMILES string of the molecule is CC1=C(NC(=S)NC(=O)c2ccccc2)CN(c2ccccc2)N1C. The van der Waals surface area contributed by atoms with Gasteiger partial charge >= 0.3 is 0 Å². The molecule has 0 unspecified atom stereocenters. The number of benzene rings is 2. The van der Waals surface area contributed by atoms with Gasteiger partial charge in [-0.2, -0.15) is 0 Å². The highest BCUT2D eigenvalue weighted by atomic mass is 32.1. The first-order valence-corrected chi connectivity index (χ1v) is 8.40. The highest BCUT2D eigenvalue weighted by Gasteiger charge is 2.25. The van der Waals surface area contributed by atoms with Gasteiger partial charge in [-0.25, -0.2) is 0 Å². The number of thiocarbonyl (C=S) groups is 1. The van der Waals surface area contributed by atoms with Crippen molar-refractivity contribution < 1.29 is 4.79 Å².